The van der Waals surface area contributed by atoms with E-state index in [4.69, 9.17) is 27.3 Å². The molecule has 0 saturated heterocycles. The summed E-state index contributed by atoms with van der Waals surface area (Å²) in [5.74, 6) is 1.66. The summed E-state index contributed by atoms with van der Waals surface area (Å²) >= 11 is 5.59. The van der Waals surface area contributed by atoms with E-state index >= 15 is 0 Å². The van der Waals surface area contributed by atoms with Gasteiger partial charge in [-0.05, 0) is 50.0 Å². The van der Waals surface area contributed by atoms with E-state index in [1.54, 1.807) is 7.11 Å². The third-order valence-electron chi connectivity index (χ3n) is 3.91. The maximum absolute atomic E-state index is 8.78. The van der Waals surface area contributed by atoms with Crippen molar-refractivity contribution in [2.24, 2.45) is 0 Å². The van der Waals surface area contributed by atoms with Crippen LogP contribution in [-0.4, -0.2) is 39.4 Å². The molecule has 6 nitrogen and oxygen atoms in total. The van der Waals surface area contributed by atoms with Crippen LogP contribution < -0.4 is 4.74 Å². The van der Waals surface area contributed by atoms with E-state index in [0.29, 0.717) is 24.4 Å². The third-order valence-corrected chi connectivity index (χ3v) is 4.34. The number of methoxy groups -OCH3 is 1. The van der Waals surface area contributed by atoms with Gasteiger partial charge in [-0.2, -0.15) is 10.4 Å². The number of aromatic nitrogens is 3. The average molecular weight is 345 g/mol. The van der Waals surface area contributed by atoms with Gasteiger partial charge in [-0.15, -0.1) is 0 Å². The highest BCUT2D eigenvalue weighted by Crippen LogP contribution is 2.21. The second kappa shape index (κ2) is 8.62. The molecule has 128 valence electrons. The normalized spacial score (nSPS) is 10.8. The van der Waals surface area contributed by atoms with Gasteiger partial charge < -0.3 is 9.30 Å². The lowest BCUT2D eigenvalue weighted by Gasteiger charge is -2.18. The fourth-order valence-corrected chi connectivity index (χ4v) is 2.81. The van der Waals surface area contributed by atoms with Crippen LogP contribution in [0.1, 0.15) is 20.3 Å². The number of nitrogens with zero attached hydrogens (tertiary/aromatic N) is 5. The van der Waals surface area contributed by atoms with Crippen LogP contribution in [0.2, 0.25) is 0 Å². The minimum absolute atomic E-state index is 0.501. The highest BCUT2D eigenvalue weighted by molar-refractivity contribution is 7.71. The number of benzene rings is 1. The van der Waals surface area contributed by atoms with Crippen LogP contribution in [0.5, 0.6) is 5.75 Å². The lowest BCUT2D eigenvalue weighted by atomic mass is 10.2. The SMILES string of the molecule is CCN(CCC#N)Cn1nc(-c2ccc(OC)cc2)n(CC)c1=S. The molecule has 0 saturated carbocycles. The second-order valence-electron chi connectivity index (χ2n) is 5.34. The first-order valence-corrected chi connectivity index (χ1v) is 8.46. The summed E-state index contributed by atoms with van der Waals surface area (Å²) < 4.78 is 9.76. The molecular formula is C17H23N5OS. The minimum atomic E-state index is 0.501. The van der Waals surface area contributed by atoms with Crippen molar-refractivity contribution < 1.29 is 4.74 Å². The van der Waals surface area contributed by atoms with Crippen LogP contribution in [-0.2, 0) is 13.2 Å². The summed E-state index contributed by atoms with van der Waals surface area (Å²) in [6.45, 7) is 7.04. The van der Waals surface area contributed by atoms with Crippen molar-refractivity contribution >= 4 is 12.2 Å². The van der Waals surface area contributed by atoms with Crippen LogP contribution >= 0.6 is 12.2 Å². The Kier molecular flexibility index (Phi) is 6.53. The highest BCUT2D eigenvalue weighted by Gasteiger charge is 2.13. The molecule has 7 heteroatoms. The summed E-state index contributed by atoms with van der Waals surface area (Å²) in [5.41, 5.74) is 1.00. The molecule has 1 heterocycles. The van der Waals surface area contributed by atoms with Gasteiger partial charge >= 0.3 is 0 Å². The van der Waals surface area contributed by atoms with Crippen LogP contribution in [0.4, 0.5) is 0 Å². The van der Waals surface area contributed by atoms with Gasteiger partial charge in [0.15, 0.2) is 10.6 Å². The van der Waals surface area contributed by atoms with Crippen molar-refractivity contribution in [3.8, 4) is 23.2 Å². The minimum Gasteiger partial charge on any atom is -0.497 e. The molecule has 0 spiro atoms. The van der Waals surface area contributed by atoms with E-state index in [-0.39, 0.29) is 0 Å². The summed E-state index contributed by atoms with van der Waals surface area (Å²) in [4.78, 5) is 2.16. The zero-order valence-electron chi connectivity index (χ0n) is 14.4. The summed E-state index contributed by atoms with van der Waals surface area (Å²) in [7, 11) is 1.65. The molecule has 0 atom stereocenters. The van der Waals surface area contributed by atoms with Gasteiger partial charge in [-0.1, -0.05) is 6.92 Å². The van der Waals surface area contributed by atoms with Crippen LogP contribution in [0.15, 0.2) is 24.3 Å². The molecule has 2 aromatic rings. The molecule has 1 aromatic carbocycles. The molecule has 1 aromatic heterocycles. The smallest absolute Gasteiger partial charge is 0.199 e. The largest absolute Gasteiger partial charge is 0.497 e. The maximum atomic E-state index is 8.78. The van der Waals surface area contributed by atoms with E-state index in [0.717, 1.165) is 30.2 Å². The molecule has 0 fully saturated rings. The average Bonchev–Trinajstić information content (AvgIpc) is 2.94. The quantitative estimate of drug-likeness (QED) is 0.687. The maximum Gasteiger partial charge on any atom is 0.199 e. The predicted octanol–water partition coefficient (Wildman–Crippen LogP) is 3.30. The molecule has 0 N–H and O–H groups in total. The molecule has 2 rings (SSSR count). The first kappa shape index (κ1) is 18.2. The van der Waals surface area contributed by atoms with Crippen molar-refractivity contribution in [2.45, 2.75) is 33.5 Å². The Balaban J connectivity index is 2.33. The summed E-state index contributed by atoms with van der Waals surface area (Å²) in [6, 6.07) is 9.99. The first-order chi connectivity index (χ1) is 11.6. The van der Waals surface area contributed by atoms with Gasteiger partial charge in [0, 0.05) is 25.1 Å². The molecule has 0 amide bonds. The monoisotopic (exact) mass is 345 g/mol. The van der Waals surface area contributed by atoms with Crippen LogP contribution in [0.3, 0.4) is 0 Å². The summed E-state index contributed by atoms with van der Waals surface area (Å²) in [5, 5.41) is 13.5. The lowest BCUT2D eigenvalue weighted by molar-refractivity contribution is 0.220. The van der Waals surface area contributed by atoms with Gasteiger partial charge in [-0.3, -0.25) is 4.90 Å². The van der Waals surface area contributed by atoms with E-state index < -0.39 is 0 Å². The Morgan fingerprint density at radius 2 is 2.00 bits per heavy atom. The van der Waals surface area contributed by atoms with E-state index in [1.165, 1.54) is 0 Å². The Bertz CT molecular complexity index is 757. The number of rotatable bonds is 8. The molecule has 24 heavy (non-hydrogen) atoms. The second-order valence-corrected chi connectivity index (χ2v) is 5.70. The number of nitriles is 1. The van der Waals surface area contributed by atoms with E-state index in [9.17, 15) is 0 Å². The Morgan fingerprint density at radius 1 is 1.29 bits per heavy atom. The summed E-state index contributed by atoms with van der Waals surface area (Å²) in [6.07, 6.45) is 0.501. The Hall–Kier alpha value is -2.17. The van der Waals surface area contributed by atoms with Crippen molar-refractivity contribution in [1.29, 1.82) is 5.26 Å². The molecule has 0 aliphatic rings. The fraction of sp³-hybridized carbons (Fsp3) is 0.471. The standard InChI is InChI=1S/C17H23N5OS/c1-4-20(12-6-11-18)13-22-17(24)21(5-2)16(19-22)14-7-9-15(23-3)10-8-14/h7-10H,4-6,12-13H2,1-3H3. The van der Waals surface area contributed by atoms with Gasteiger partial charge in [0.05, 0.1) is 19.8 Å². The molecular weight excluding hydrogens is 322 g/mol. The highest BCUT2D eigenvalue weighted by atomic mass is 32.1. The molecule has 0 unspecified atom stereocenters. The van der Waals surface area contributed by atoms with Gasteiger partial charge in [0.1, 0.15) is 5.75 Å². The lowest BCUT2D eigenvalue weighted by Crippen LogP contribution is -2.28. The van der Waals surface area contributed by atoms with Crippen molar-refractivity contribution in [2.75, 3.05) is 20.2 Å². The van der Waals surface area contributed by atoms with Crippen LogP contribution in [0, 0.1) is 16.1 Å². The predicted molar refractivity (Wildman–Crippen MR) is 96.2 cm³/mol. The van der Waals surface area contributed by atoms with Gasteiger partial charge in [-0.25, -0.2) is 4.68 Å². The number of ether oxygens (including phenoxy) is 1. The van der Waals surface area contributed by atoms with Gasteiger partial charge in [0.2, 0.25) is 0 Å². The number of hydrogen-bond donors (Lipinski definition) is 0. The molecule has 0 aliphatic carbocycles. The van der Waals surface area contributed by atoms with Crippen LogP contribution in [0.25, 0.3) is 11.4 Å². The van der Waals surface area contributed by atoms with Gasteiger partial charge in [0.25, 0.3) is 0 Å². The fourth-order valence-electron chi connectivity index (χ4n) is 2.50. The third kappa shape index (κ3) is 4.02. The van der Waals surface area contributed by atoms with Crippen molar-refractivity contribution in [1.82, 2.24) is 19.2 Å². The molecule has 0 bridgehead atoms. The van der Waals surface area contributed by atoms with E-state index in [1.807, 2.05) is 33.5 Å². The zero-order valence-corrected chi connectivity index (χ0v) is 15.2. The van der Waals surface area contributed by atoms with Crippen molar-refractivity contribution in [3.63, 3.8) is 0 Å². The molecule has 0 radical (unpaired) electrons. The zero-order chi connectivity index (χ0) is 17.5. The first-order valence-electron chi connectivity index (χ1n) is 8.05. The number of hydrogen-bond acceptors (Lipinski definition) is 5. The Labute approximate surface area is 147 Å². The molecule has 0 aliphatic heterocycles. The topological polar surface area (TPSA) is 59.0 Å². The van der Waals surface area contributed by atoms with E-state index in [2.05, 4.69) is 24.8 Å². The van der Waals surface area contributed by atoms with Crippen molar-refractivity contribution in [3.05, 3.63) is 29.0 Å². The Morgan fingerprint density at radius 3 is 2.54 bits per heavy atom.